The van der Waals surface area contributed by atoms with Crippen LogP contribution in [0.5, 0.6) is 0 Å². The maximum absolute atomic E-state index is 5.23. The predicted octanol–water partition coefficient (Wildman–Crippen LogP) is 2.49. The first-order valence-corrected chi connectivity index (χ1v) is 7.16. The molecule has 1 aromatic heterocycles. The number of nitrogens with one attached hydrogen (secondary N) is 2. The van der Waals surface area contributed by atoms with Gasteiger partial charge in [-0.25, -0.2) is 4.68 Å². The Bertz CT molecular complexity index is 532. The van der Waals surface area contributed by atoms with Crippen molar-refractivity contribution in [3.63, 3.8) is 0 Å². The molecule has 0 fully saturated rings. The van der Waals surface area contributed by atoms with Gasteiger partial charge in [0.1, 0.15) is 0 Å². The van der Waals surface area contributed by atoms with E-state index in [1.165, 1.54) is 5.56 Å². The molecule has 0 amide bonds. The summed E-state index contributed by atoms with van der Waals surface area (Å²) < 4.78 is 1.84. The molecule has 0 unspecified atom stereocenters. The van der Waals surface area contributed by atoms with Crippen molar-refractivity contribution < 1.29 is 0 Å². The molecule has 2 N–H and O–H groups in total. The second-order valence-electron chi connectivity index (χ2n) is 5.07. The van der Waals surface area contributed by atoms with Crippen LogP contribution in [0.1, 0.15) is 19.4 Å². The van der Waals surface area contributed by atoms with Gasteiger partial charge in [0.05, 0.1) is 5.69 Å². The van der Waals surface area contributed by atoms with Crippen molar-refractivity contribution in [1.82, 2.24) is 20.4 Å². The van der Waals surface area contributed by atoms with E-state index in [-0.39, 0.29) is 0 Å². The quantitative estimate of drug-likeness (QED) is 0.830. The van der Waals surface area contributed by atoms with E-state index in [0.717, 1.165) is 18.8 Å². The molecule has 0 radical (unpaired) electrons. The molecule has 0 bridgehead atoms. The zero-order valence-corrected chi connectivity index (χ0v) is 12.7. The number of hydrogen-bond acceptors (Lipinski definition) is 2. The van der Waals surface area contributed by atoms with Crippen molar-refractivity contribution in [2.24, 2.45) is 5.92 Å². The minimum Gasteiger partial charge on any atom is -0.362 e. The normalized spacial score (nSPS) is 10.6. The van der Waals surface area contributed by atoms with Crippen molar-refractivity contribution >= 4 is 17.3 Å². The third kappa shape index (κ3) is 4.35. The van der Waals surface area contributed by atoms with Gasteiger partial charge in [0, 0.05) is 25.5 Å². The molecule has 0 aliphatic carbocycles. The van der Waals surface area contributed by atoms with Gasteiger partial charge in [0.25, 0.3) is 0 Å². The molecule has 0 saturated heterocycles. The van der Waals surface area contributed by atoms with Crippen LogP contribution in [0.3, 0.4) is 0 Å². The lowest BCUT2D eigenvalue weighted by molar-refractivity contribution is 0.619. The summed E-state index contributed by atoms with van der Waals surface area (Å²) in [5, 5.41) is 11.3. The largest absolute Gasteiger partial charge is 0.362 e. The third-order valence-electron chi connectivity index (χ3n) is 2.83. The average Bonchev–Trinajstić information content (AvgIpc) is 2.97. The summed E-state index contributed by atoms with van der Waals surface area (Å²) in [6.45, 7) is 5.93. The fourth-order valence-electron chi connectivity index (χ4n) is 1.73. The molecular formula is C15H20N4S. The van der Waals surface area contributed by atoms with Gasteiger partial charge in [0.15, 0.2) is 5.11 Å². The number of rotatable bonds is 5. The van der Waals surface area contributed by atoms with Gasteiger partial charge in [-0.2, -0.15) is 5.10 Å². The average molecular weight is 288 g/mol. The molecule has 5 heteroatoms. The second kappa shape index (κ2) is 7.05. The van der Waals surface area contributed by atoms with E-state index in [0.29, 0.717) is 11.0 Å². The molecule has 0 saturated carbocycles. The zero-order valence-electron chi connectivity index (χ0n) is 11.8. The summed E-state index contributed by atoms with van der Waals surface area (Å²) in [4.78, 5) is 0. The van der Waals surface area contributed by atoms with E-state index < -0.39 is 0 Å². The molecule has 1 heterocycles. The zero-order chi connectivity index (χ0) is 14.4. The summed E-state index contributed by atoms with van der Waals surface area (Å²) in [5.41, 5.74) is 2.24. The Morgan fingerprint density at radius 3 is 2.60 bits per heavy atom. The van der Waals surface area contributed by atoms with Crippen molar-refractivity contribution in [2.45, 2.75) is 20.4 Å². The van der Waals surface area contributed by atoms with Crippen molar-refractivity contribution in [3.05, 3.63) is 48.3 Å². The highest BCUT2D eigenvalue weighted by Gasteiger charge is 2.00. The molecule has 0 aliphatic rings. The van der Waals surface area contributed by atoms with Crippen LogP contribution in [0.2, 0.25) is 0 Å². The Morgan fingerprint density at radius 1 is 1.25 bits per heavy atom. The lowest BCUT2D eigenvalue weighted by Crippen LogP contribution is -2.36. The van der Waals surface area contributed by atoms with Crippen LogP contribution in [0.15, 0.2) is 42.7 Å². The first-order valence-electron chi connectivity index (χ1n) is 6.76. The van der Waals surface area contributed by atoms with Crippen LogP contribution in [-0.4, -0.2) is 21.4 Å². The standard InChI is InChI=1S/C15H20N4S/c1-12(2)10-16-15(20)17-11-13-4-6-14(7-5-13)19-9-3-8-18-19/h3-9,12H,10-11H2,1-2H3,(H2,16,17,20). The Hall–Kier alpha value is -1.88. The Labute approximate surface area is 125 Å². The van der Waals surface area contributed by atoms with Gasteiger partial charge in [-0.3, -0.25) is 0 Å². The molecule has 4 nitrogen and oxygen atoms in total. The molecule has 0 spiro atoms. The van der Waals surface area contributed by atoms with Crippen LogP contribution < -0.4 is 10.6 Å². The maximum Gasteiger partial charge on any atom is 0.166 e. The van der Waals surface area contributed by atoms with Gasteiger partial charge in [0.2, 0.25) is 0 Å². The lowest BCUT2D eigenvalue weighted by atomic mass is 10.2. The van der Waals surface area contributed by atoms with Crippen molar-refractivity contribution in [3.8, 4) is 5.69 Å². The SMILES string of the molecule is CC(C)CNC(=S)NCc1ccc(-n2cccn2)cc1. The highest BCUT2D eigenvalue weighted by atomic mass is 32.1. The maximum atomic E-state index is 5.23. The van der Waals surface area contributed by atoms with E-state index in [1.807, 2.05) is 16.9 Å². The van der Waals surface area contributed by atoms with Gasteiger partial charge in [-0.1, -0.05) is 26.0 Å². The van der Waals surface area contributed by atoms with Gasteiger partial charge >= 0.3 is 0 Å². The minimum absolute atomic E-state index is 0.586. The predicted molar refractivity (Wildman–Crippen MR) is 85.8 cm³/mol. The summed E-state index contributed by atoms with van der Waals surface area (Å²) >= 11 is 5.23. The highest BCUT2D eigenvalue weighted by molar-refractivity contribution is 7.80. The topological polar surface area (TPSA) is 41.9 Å². The summed E-state index contributed by atoms with van der Waals surface area (Å²) in [6.07, 6.45) is 3.70. The first kappa shape index (κ1) is 14.5. The minimum atomic E-state index is 0.586. The van der Waals surface area contributed by atoms with Crippen molar-refractivity contribution in [2.75, 3.05) is 6.54 Å². The molecule has 2 aromatic rings. The summed E-state index contributed by atoms with van der Waals surface area (Å²) in [7, 11) is 0. The molecule has 106 valence electrons. The van der Waals surface area contributed by atoms with Crippen LogP contribution in [0.25, 0.3) is 5.69 Å². The van der Waals surface area contributed by atoms with E-state index in [4.69, 9.17) is 12.2 Å². The molecule has 0 aliphatic heterocycles. The Balaban J connectivity index is 1.84. The fraction of sp³-hybridized carbons (Fsp3) is 0.333. The third-order valence-corrected chi connectivity index (χ3v) is 3.12. The second-order valence-corrected chi connectivity index (χ2v) is 5.48. The number of hydrogen-bond donors (Lipinski definition) is 2. The lowest BCUT2D eigenvalue weighted by Gasteiger charge is -2.12. The van der Waals surface area contributed by atoms with E-state index >= 15 is 0 Å². The summed E-state index contributed by atoms with van der Waals surface area (Å²) in [6, 6.07) is 10.2. The molecule has 2 rings (SSSR count). The number of benzene rings is 1. The first-order chi connectivity index (χ1) is 9.65. The Kier molecular flexibility index (Phi) is 5.12. The van der Waals surface area contributed by atoms with Gasteiger partial charge in [-0.15, -0.1) is 0 Å². The number of aromatic nitrogens is 2. The van der Waals surface area contributed by atoms with Crippen LogP contribution in [0, 0.1) is 5.92 Å². The molecular weight excluding hydrogens is 268 g/mol. The monoisotopic (exact) mass is 288 g/mol. The molecule has 0 atom stereocenters. The molecule has 1 aromatic carbocycles. The van der Waals surface area contributed by atoms with Crippen LogP contribution >= 0.6 is 12.2 Å². The smallest absolute Gasteiger partial charge is 0.166 e. The van der Waals surface area contributed by atoms with Gasteiger partial charge in [-0.05, 0) is 41.9 Å². The van der Waals surface area contributed by atoms with Gasteiger partial charge < -0.3 is 10.6 Å². The van der Waals surface area contributed by atoms with E-state index in [2.05, 4.69) is 53.8 Å². The van der Waals surface area contributed by atoms with Crippen molar-refractivity contribution in [1.29, 1.82) is 0 Å². The van der Waals surface area contributed by atoms with Crippen LogP contribution in [-0.2, 0) is 6.54 Å². The van der Waals surface area contributed by atoms with Crippen LogP contribution in [0.4, 0.5) is 0 Å². The van der Waals surface area contributed by atoms with E-state index in [9.17, 15) is 0 Å². The number of thiocarbonyl (C=S) groups is 1. The highest BCUT2D eigenvalue weighted by Crippen LogP contribution is 2.08. The fourth-order valence-corrected chi connectivity index (χ4v) is 1.89. The molecule has 20 heavy (non-hydrogen) atoms. The Morgan fingerprint density at radius 2 is 2.00 bits per heavy atom. The summed E-state index contributed by atoms with van der Waals surface area (Å²) in [5.74, 6) is 0.586. The number of nitrogens with zero attached hydrogens (tertiary/aromatic N) is 2. The van der Waals surface area contributed by atoms with E-state index in [1.54, 1.807) is 6.20 Å².